The fourth-order valence-corrected chi connectivity index (χ4v) is 2.96. The van der Waals surface area contributed by atoms with Crippen LogP contribution >= 0.6 is 0 Å². The van der Waals surface area contributed by atoms with Gasteiger partial charge in [0.05, 0.1) is 0 Å². The molecule has 78 valence electrons. The average molecular weight is 191 g/mol. The van der Waals surface area contributed by atoms with Gasteiger partial charge in [-0.15, -0.1) is 0 Å². The Hall–Kier alpha value is -0.720. The normalized spacial score (nSPS) is 35.1. The molecule has 1 heterocycles. The Morgan fingerprint density at radius 1 is 1.43 bits per heavy atom. The lowest BCUT2D eigenvalue weighted by molar-refractivity contribution is 0.211. The average Bonchev–Trinajstić information content (AvgIpc) is 2.05. The summed E-state index contributed by atoms with van der Waals surface area (Å²) in [5.74, 6) is 1.55. The first-order valence-corrected chi connectivity index (χ1v) is 5.65. The van der Waals surface area contributed by atoms with E-state index >= 15 is 0 Å². The van der Waals surface area contributed by atoms with Crippen LogP contribution in [0.25, 0.3) is 0 Å². The van der Waals surface area contributed by atoms with Gasteiger partial charge in [-0.05, 0) is 45.1 Å². The zero-order chi connectivity index (χ0) is 10.3. The Labute approximate surface area is 87.3 Å². The van der Waals surface area contributed by atoms with Crippen LogP contribution in [-0.4, -0.2) is 5.54 Å². The monoisotopic (exact) mass is 191 g/mol. The van der Waals surface area contributed by atoms with Crippen LogP contribution in [0.4, 0.5) is 0 Å². The van der Waals surface area contributed by atoms with E-state index in [-0.39, 0.29) is 5.54 Å². The third-order valence-electron chi connectivity index (χ3n) is 3.55. The molecule has 2 aliphatic rings. The lowest BCUT2D eigenvalue weighted by atomic mass is 9.73. The molecule has 0 amide bonds. The van der Waals surface area contributed by atoms with Gasteiger partial charge < -0.3 is 5.32 Å². The molecule has 0 aromatic carbocycles. The van der Waals surface area contributed by atoms with E-state index in [9.17, 15) is 0 Å². The Morgan fingerprint density at radius 2 is 2.14 bits per heavy atom. The van der Waals surface area contributed by atoms with Crippen molar-refractivity contribution in [3.63, 3.8) is 0 Å². The lowest BCUT2D eigenvalue weighted by Crippen LogP contribution is -2.49. The first kappa shape index (κ1) is 9.82. The molecule has 0 aromatic rings. The van der Waals surface area contributed by atoms with Crippen LogP contribution in [0.5, 0.6) is 0 Å². The minimum atomic E-state index is 0.275. The van der Waals surface area contributed by atoms with Gasteiger partial charge in [-0.1, -0.05) is 19.1 Å². The highest BCUT2D eigenvalue weighted by molar-refractivity contribution is 5.31. The van der Waals surface area contributed by atoms with Gasteiger partial charge in [0.15, 0.2) is 0 Å². The maximum Gasteiger partial charge on any atom is 0.0317 e. The van der Waals surface area contributed by atoms with Crippen molar-refractivity contribution in [3.8, 4) is 0 Å². The van der Waals surface area contributed by atoms with E-state index < -0.39 is 0 Å². The highest BCUT2D eigenvalue weighted by Gasteiger charge is 2.36. The van der Waals surface area contributed by atoms with Crippen molar-refractivity contribution >= 4 is 0 Å². The van der Waals surface area contributed by atoms with Gasteiger partial charge in [0, 0.05) is 17.2 Å². The van der Waals surface area contributed by atoms with Crippen molar-refractivity contribution in [3.05, 3.63) is 23.4 Å². The summed E-state index contributed by atoms with van der Waals surface area (Å²) < 4.78 is 0. The van der Waals surface area contributed by atoms with Crippen LogP contribution in [0, 0.1) is 11.8 Å². The highest BCUT2D eigenvalue weighted by Crippen LogP contribution is 2.39. The van der Waals surface area contributed by atoms with Crippen molar-refractivity contribution in [2.75, 3.05) is 0 Å². The van der Waals surface area contributed by atoms with Crippen molar-refractivity contribution < 1.29 is 0 Å². The minimum Gasteiger partial charge on any atom is -0.383 e. The largest absolute Gasteiger partial charge is 0.383 e. The molecule has 1 saturated heterocycles. The second-order valence-electron chi connectivity index (χ2n) is 5.53. The Bertz CT molecular complexity index is 296. The molecule has 1 aliphatic carbocycles. The van der Waals surface area contributed by atoms with Crippen molar-refractivity contribution in [2.45, 2.75) is 46.1 Å². The number of piperidine rings is 1. The molecule has 0 aromatic heterocycles. The second-order valence-corrected chi connectivity index (χ2v) is 5.53. The summed E-state index contributed by atoms with van der Waals surface area (Å²) in [6, 6.07) is 0. The molecule has 1 aliphatic heterocycles. The summed E-state index contributed by atoms with van der Waals surface area (Å²) in [6.45, 7) is 9.22. The Morgan fingerprint density at radius 3 is 2.86 bits per heavy atom. The summed E-state index contributed by atoms with van der Waals surface area (Å²) in [5, 5.41) is 3.70. The zero-order valence-corrected chi connectivity index (χ0v) is 9.72. The van der Waals surface area contributed by atoms with Crippen LogP contribution in [-0.2, 0) is 0 Å². The molecule has 0 saturated carbocycles. The van der Waals surface area contributed by atoms with Crippen LogP contribution < -0.4 is 5.32 Å². The fraction of sp³-hybridized carbons (Fsp3) is 0.692. The van der Waals surface area contributed by atoms with Crippen molar-refractivity contribution in [1.82, 2.24) is 5.32 Å². The summed E-state index contributed by atoms with van der Waals surface area (Å²) in [6.07, 6.45) is 7.08. The van der Waals surface area contributed by atoms with Crippen molar-refractivity contribution in [1.29, 1.82) is 0 Å². The van der Waals surface area contributed by atoms with Gasteiger partial charge in [0.1, 0.15) is 0 Å². The second kappa shape index (κ2) is 3.15. The van der Waals surface area contributed by atoms with Gasteiger partial charge in [-0.25, -0.2) is 0 Å². The number of hydrogen-bond donors (Lipinski definition) is 1. The first-order valence-electron chi connectivity index (χ1n) is 5.65. The molecular formula is C13H21N. The van der Waals surface area contributed by atoms with E-state index in [1.807, 2.05) is 0 Å². The zero-order valence-electron chi connectivity index (χ0n) is 9.72. The summed E-state index contributed by atoms with van der Waals surface area (Å²) in [5.41, 5.74) is 3.20. The molecule has 2 atom stereocenters. The Balaban J connectivity index is 2.33. The van der Waals surface area contributed by atoms with Crippen LogP contribution in [0.15, 0.2) is 23.4 Å². The molecule has 0 radical (unpaired) electrons. The van der Waals surface area contributed by atoms with E-state index in [0.29, 0.717) is 0 Å². The third-order valence-corrected chi connectivity index (χ3v) is 3.55. The van der Waals surface area contributed by atoms with E-state index in [1.165, 1.54) is 24.1 Å². The molecule has 14 heavy (non-hydrogen) atoms. The van der Waals surface area contributed by atoms with E-state index in [0.717, 1.165) is 11.8 Å². The molecule has 1 N–H and O–H groups in total. The molecule has 1 nitrogen and oxygen atoms in total. The lowest BCUT2D eigenvalue weighted by Gasteiger charge is -2.44. The van der Waals surface area contributed by atoms with Gasteiger partial charge in [-0.2, -0.15) is 0 Å². The van der Waals surface area contributed by atoms with Crippen LogP contribution in [0.2, 0.25) is 0 Å². The van der Waals surface area contributed by atoms with E-state index in [2.05, 4.69) is 45.2 Å². The quantitative estimate of drug-likeness (QED) is 0.620. The smallest absolute Gasteiger partial charge is 0.0317 e. The first-order chi connectivity index (χ1) is 6.49. The van der Waals surface area contributed by atoms with E-state index in [4.69, 9.17) is 0 Å². The topological polar surface area (TPSA) is 12.0 Å². The fourth-order valence-electron chi connectivity index (χ4n) is 2.96. The summed E-state index contributed by atoms with van der Waals surface area (Å²) in [7, 11) is 0. The number of nitrogens with one attached hydrogen (secondary N) is 1. The molecular weight excluding hydrogens is 170 g/mol. The van der Waals surface area contributed by atoms with Gasteiger partial charge in [0.25, 0.3) is 0 Å². The molecule has 1 fully saturated rings. The van der Waals surface area contributed by atoms with Crippen molar-refractivity contribution in [2.24, 2.45) is 11.8 Å². The van der Waals surface area contributed by atoms with Gasteiger partial charge >= 0.3 is 0 Å². The SMILES string of the molecule is CC1=C2NC(C)(C)CC(C)C2CC=C1. The number of rotatable bonds is 0. The highest BCUT2D eigenvalue weighted by atomic mass is 15.0. The maximum atomic E-state index is 3.70. The molecule has 0 spiro atoms. The van der Waals surface area contributed by atoms with Gasteiger partial charge in [0.2, 0.25) is 0 Å². The predicted octanol–water partition coefficient (Wildman–Crippen LogP) is 3.24. The van der Waals surface area contributed by atoms with Crippen LogP contribution in [0.3, 0.4) is 0 Å². The van der Waals surface area contributed by atoms with Crippen LogP contribution in [0.1, 0.15) is 40.5 Å². The summed E-state index contributed by atoms with van der Waals surface area (Å²) in [4.78, 5) is 0. The van der Waals surface area contributed by atoms with E-state index in [1.54, 1.807) is 0 Å². The third kappa shape index (κ3) is 1.60. The summed E-state index contributed by atoms with van der Waals surface area (Å²) >= 11 is 0. The minimum absolute atomic E-state index is 0.275. The maximum absolute atomic E-state index is 3.70. The predicted molar refractivity (Wildman–Crippen MR) is 60.9 cm³/mol. The Kier molecular flexibility index (Phi) is 2.21. The molecule has 0 bridgehead atoms. The molecule has 1 heteroatoms. The number of allylic oxidation sites excluding steroid dienone is 4. The van der Waals surface area contributed by atoms with Gasteiger partial charge in [-0.3, -0.25) is 0 Å². The molecule has 2 rings (SSSR count). The standard InChI is InChI=1S/C13H21N/c1-9-6-5-7-11-10(2)8-13(3,4)14-12(9)11/h5-6,10-11,14H,7-8H2,1-4H3. The number of hydrogen-bond acceptors (Lipinski definition) is 1. The number of fused-ring (bicyclic) bond motifs is 1. The molecule has 2 unspecified atom stereocenters.